The Balaban J connectivity index is 0.00000136. The summed E-state index contributed by atoms with van der Waals surface area (Å²) in [4.78, 5) is 28.5. The molecule has 0 bridgehead atoms. The number of aromatic nitrogens is 1. The maximum atomic E-state index is 12.1. The minimum atomic E-state index is -0.985. The maximum Gasteiger partial charge on any atom is 0.305 e. The average Bonchev–Trinajstić information content (AvgIpc) is 2.70. The normalized spacial score (nSPS) is 13.5. The molecule has 1 amide bonds. The first kappa shape index (κ1) is 21.2. The Hall–Kier alpha value is -3.06. The number of fused-ring (bicyclic) bond motifs is 1. The van der Waals surface area contributed by atoms with Crippen LogP contribution in [0.25, 0.3) is 0 Å². The van der Waals surface area contributed by atoms with Crippen LogP contribution >= 0.6 is 11.6 Å². The van der Waals surface area contributed by atoms with Crippen molar-refractivity contribution in [1.82, 2.24) is 4.98 Å². The molecule has 1 aromatic heterocycles. The fourth-order valence-corrected chi connectivity index (χ4v) is 2.82. The van der Waals surface area contributed by atoms with Crippen LogP contribution in [0.1, 0.15) is 25.1 Å². The van der Waals surface area contributed by atoms with Crippen LogP contribution in [0.15, 0.2) is 49.7 Å². The van der Waals surface area contributed by atoms with E-state index >= 15 is 0 Å². The molecule has 0 saturated carbocycles. The van der Waals surface area contributed by atoms with E-state index in [2.05, 4.69) is 18.1 Å². The molecule has 1 N–H and O–H groups in total. The monoisotopic (exact) mass is 404 g/mol. The first-order chi connectivity index (χ1) is 13.5. The lowest BCUT2D eigenvalue weighted by Gasteiger charge is -2.30. The lowest BCUT2D eigenvalue weighted by atomic mass is 10.2. The average molecular weight is 405 g/mol. The molecule has 3 rings (SSSR count). The highest BCUT2D eigenvalue weighted by atomic mass is 35.5. The van der Waals surface area contributed by atoms with E-state index in [0.29, 0.717) is 22.2 Å². The van der Waals surface area contributed by atoms with Crippen molar-refractivity contribution in [2.75, 3.05) is 18.1 Å². The van der Waals surface area contributed by atoms with E-state index in [4.69, 9.17) is 26.2 Å². The smallest absolute Gasteiger partial charge is 0.305 e. The highest BCUT2D eigenvalue weighted by Crippen LogP contribution is 2.41. The quantitative estimate of drug-likeness (QED) is 0.735. The molecule has 0 aliphatic carbocycles. The molecule has 0 fully saturated rings. The van der Waals surface area contributed by atoms with Crippen LogP contribution in [0, 0.1) is 0 Å². The highest BCUT2D eigenvalue weighted by molar-refractivity contribution is 6.32. The van der Waals surface area contributed by atoms with Crippen LogP contribution in [0.5, 0.6) is 11.5 Å². The second kappa shape index (κ2) is 9.75. The minimum Gasteiger partial charge on any atom is -0.483 e. The molecule has 1 atom stereocenters. The topological polar surface area (TPSA) is 89.0 Å². The largest absolute Gasteiger partial charge is 0.483 e. The first-order valence-corrected chi connectivity index (χ1v) is 8.89. The number of benzene rings is 1. The van der Waals surface area contributed by atoms with Crippen molar-refractivity contribution in [2.24, 2.45) is 0 Å². The van der Waals surface area contributed by atoms with Gasteiger partial charge in [-0.3, -0.25) is 14.6 Å². The molecule has 2 aromatic rings. The Morgan fingerprint density at radius 1 is 1.43 bits per heavy atom. The Morgan fingerprint density at radius 2 is 2.18 bits per heavy atom. The van der Waals surface area contributed by atoms with E-state index in [1.54, 1.807) is 18.3 Å². The lowest BCUT2D eigenvalue weighted by molar-refractivity contribution is -0.136. The van der Waals surface area contributed by atoms with Gasteiger partial charge in [-0.1, -0.05) is 17.7 Å². The zero-order valence-corrected chi connectivity index (χ0v) is 16.2. The number of anilines is 1. The van der Waals surface area contributed by atoms with Crippen molar-refractivity contribution < 1.29 is 24.2 Å². The summed E-state index contributed by atoms with van der Waals surface area (Å²) in [6.07, 6.45) is 1.18. The van der Waals surface area contributed by atoms with Crippen molar-refractivity contribution >= 4 is 29.2 Å². The van der Waals surface area contributed by atoms with Gasteiger partial charge in [0, 0.05) is 18.8 Å². The molecule has 148 valence electrons. The number of amides is 1. The van der Waals surface area contributed by atoms with Gasteiger partial charge >= 0.3 is 5.97 Å². The van der Waals surface area contributed by atoms with E-state index in [0.717, 1.165) is 5.69 Å². The van der Waals surface area contributed by atoms with E-state index in [1.807, 2.05) is 25.1 Å². The Bertz CT molecular complexity index is 844. The number of pyridine rings is 1. The molecular weight excluding hydrogens is 384 g/mol. The van der Waals surface area contributed by atoms with Gasteiger partial charge in [-0.25, -0.2) is 0 Å². The number of carboxylic acids is 1. The summed E-state index contributed by atoms with van der Waals surface area (Å²) in [5.74, 6) is -0.481. The summed E-state index contributed by atoms with van der Waals surface area (Å²) >= 11 is 6.31. The molecule has 7 nitrogen and oxygen atoms in total. The molecule has 1 aliphatic rings. The number of aliphatic carboxylic acids is 1. The number of carbonyl (C=O) groups is 2. The fraction of sp³-hybridized carbons (Fsp3) is 0.250. The first-order valence-electron chi connectivity index (χ1n) is 8.52. The standard InChI is InChI=1S/C18H17ClN2O5.C2H4/c1-11(13-4-2-3-6-20-13)26-15-9-16-14(8-12(15)19)21(7-5-18(23)24)17(22)10-25-16;1-2/h2-4,6,8-9,11H,5,7,10H2,1H3,(H,23,24);1-2H2. The number of nitrogens with zero attached hydrogens (tertiary/aromatic N) is 2. The second-order valence-electron chi connectivity index (χ2n) is 5.74. The third-order valence-corrected chi connectivity index (χ3v) is 4.21. The fourth-order valence-electron chi connectivity index (χ4n) is 2.61. The molecule has 0 radical (unpaired) electrons. The Morgan fingerprint density at radius 3 is 2.82 bits per heavy atom. The number of halogens is 1. The number of ether oxygens (including phenoxy) is 2. The number of rotatable bonds is 6. The van der Waals surface area contributed by atoms with Crippen molar-refractivity contribution in [2.45, 2.75) is 19.4 Å². The number of carbonyl (C=O) groups excluding carboxylic acids is 1. The van der Waals surface area contributed by atoms with E-state index in [-0.39, 0.29) is 31.6 Å². The molecule has 1 unspecified atom stereocenters. The molecule has 2 heterocycles. The van der Waals surface area contributed by atoms with E-state index in [9.17, 15) is 9.59 Å². The molecule has 8 heteroatoms. The number of hydrogen-bond donors (Lipinski definition) is 1. The predicted octanol–water partition coefficient (Wildman–Crippen LogP) is 3.88. The van der Waals surface area contributed by atoms with Crippen LogP contribution in [-0.2, 0) is 9.59 Å². The van der Waals surface area contributed by atoms with Crippen LogP contribution in [0.2, 0.25) is 5.02 Å². The summed E-state index contributed by atoms with van der Waals surface area (Å²) in [6, 6.07) is 8.69. The second-order valence-corrected chi connectivity index (χ2v) is 6.15. The molecule has 0 spiro atoms. The van der Waals surface area contributed by atoms with Crippen LogP contribution in [0.4, 0.5) is 5.69 Å². The van der Waals surface area contributed by atoms with Crippen LogP contribution in [-0.4, -0.2) is 35.1 Å². The van der Waals surface area contributed by atoms with Gasteiger partial charge < -0.3 is 19.5 Å². The molecule has 0 saturated heterocycles. The zero-order valence-electron chi connectivity index (χ0n) is 15.4. The maximum absolute atomic E-state index is 12.1. The van der Waals surface area contributed by atoms with Crippen molar-refractivity contribution in [3.63, 3.8) is 0 Å². The highest BCUT2D eigenvalue weighted by Gasteiger charge is 2.28. The minimum absolute atomic E-state index is 0.0470. The van der Waals surface area contributed by atoms with Gasteiger partial charge in [-0.05, 0) is 25.1 Å². The zero-order chi connectivity index (χ0) is 20.7. The van der Waals surface area contributed by atoms with Gasteiger partial charge in [0.2, 0.25) is 0 Å². The van der Waals surface area contributed by atoms with Crippen LogP contribution in [0.3, 0.4) is 0 Å². The van der Waals surface area contributed by atoms with Crippen LogP contribution < -0.4 is 14.4 Å². The van der Waals surface area contributed by atoms with Gasteiger partial charge in [0.05, 0.1) is 22.8 Å². The predicted molar refractivity (Wildman–Crippen MR) is 106 cm³/mol. The summed E-state index contributed by atoms with van der Waals surface area (Å²) in [7, 11) is 0. The third-order valence-electron chi connectivity index (χ3n) is 3.91. The summed E-state index contributed by atoms with van der Waals surface area (Å²) in [5, 5.41) is 9.16. The molecule has 1 aliphatic heterocycles. The van der Waals surface area contributed by atoms with E-state index in [1.165, 1.54) is 4.90 Å². The Kier molecular flexibility index (Phi) is 7.40. The number of hydrogen-bond acceptors (Lipinski definition) is 5. The van der Waals surface area contributed by atoms with Gasteiger partial charge in [-0.2, -0.15) is 0 Å². The van der Waals surface area contributed by atoms with Gasteiger partial charge in [0.1, 0.15) is 17.6 Å². The van der Waals surface area contributed by atoms with Crippen molar-refractivity contribution in [3.05, 3.63) is 60.4 Å². The lowest BCUT2D eigenvalue weighted by Crippen LogP contribution is -2.40. The van der Waals surface area contributed by atoms with Crippen molar-refractivity contribution in [1.29, 1.82) is 0 Å². The summed E-state index contributed by atoms with van der Waals surface area (Å²) < 4.78 is 11.3. The summed E-state index contributed by atoms with van der Waals surface area (Å²) in [6.45, 7) is 7.73. The van der Waals surface area contributed by atoms with Gasteiger partial charge in [-0.15, -0.1) is 13.2 Å². The number of carboxylic acid groups (broad SMARTS) is 1. The Labute approximate surface area is 168 Å². The molecular formula is C20H21ClN2O5. The summed E-state index contributed by atoms with van der Waals surface area (Å²) in [5.41, 5.74) is 1.19. The SMILES string of the molecule is C=C.CC(Oc1cc2c(cc1Cl)N(CCC(=O)O)C(=O)CO2)c1ccccn1. The van der Waals surface area contributed by atoms with E-state index < -0.39 is 5.97 Å². The van der Waals surface area contributed by atoms with Crippen molar-refractivity contribution in [3.8, 4) is 11.5 Å². The van der Waals surface area contributed by atoms with Gasteiger partial charge in [0.15, 0.2) is 6.61 Å². The van der Waals surface area contributed by atoms with Gasteiger partial charge in [0.25, 0.3) is 5.91 Å². The molecule has 1 aromatic carbocycles. The molecule has 28 heavy (non-hydrogen) atoms. The third kappa shape index (κ3) is 5.01.